The molecule has 0 aliphatic rings. The van der Waals surface area contributed by atoms with Gasteiger partial charge in [0.25, 0.3) is 0 Å². The third-order valence-corrected chi connectivity index (χ3v) is 7.06. The minimum absolute atomic E-state index is 0.336. The van der Waals surface area contributed by atoms with Gasteiger partial charge in [-0.15, -0.1) is 0 Å². The molecule has 0 radical (unpaired) electrons. The number of carboxylic acids is 1. The summed E-state index contributed by atoms with van der Waals surface area (Å²) in [5, 5.41) is 11.2. The zero-order chi connectivity index (χ0) is 25.4. The van der Waals surface area contributed by atoms with Crippen molar-refractivity contribution in [3.63, 3.8) is 0 Å². The lowest BCUT2D eigenvalue weighted by Crippen LogP contribution is -2.11. The van der Waals surface area contributed by atoms with Gasteiger partial charge in [-0.25, -0.2) is 4.79 Å². The quantitative estimate of drug-likeness (QED) is 0.237. The summed E-state index contributed by atoms with van der Waals surface area (Å²) in [5.74, 6) is -1.33. The predicted octanol–water partition coefficient (Wildman–Crippen LogP) is 6.49. The van der Waals surface area contributed by atoms with Crippen molar-refractivity contribution in [2.75, 3.05) is 6.61 Å². The highest BCUT2D eigenvalue weighted by Gasteiger charge is 2.22. The lowest BCUT2D eigenvalue weighted by atomic mass is 10.0. The van der Waals surface area contributed by atoms with E-state index in [-0.39, 0.29) is 0 Å². The number of nitrogens with zero attached hydrogens (tertiary/aromatic N) is 1. The number of hydrogen-bond donors (Lipinski definition) is 2. The van der Waals surface area contributed by atoms with E-state index in [0.717, 1.165) is 32.2 Å². The van der Waals surface area contributed by atoms with Crippen molar-refractivity contribution in [3.8, 4) is 16.9 Å². The second-order valence-electron chi connectivity index (χ2n) is 8.30. The number of carbonyl (C=O) groups excluding carboxylic acids is 1. The SMILES string of the molecule is NC(=O)c1cccc2c1c1c(OCC(=O)O)cc(-c3ccc(Cl)cc3)cc1n2Cc1ccccc1Br. The summed E-state index contributed by atoms with van der Waals surface area (Å²) in [7, 11) is 0. The van der Waals surface area contributed by atoms with Crippen molar-refractivity contribution < 1.29 is 19.4 Å². The Morgan fingerprint density at radius 1 is 0.917 bits per heavy atom. The minimum atomic E-state index is -1.10. The molecule has 0 fully saturated rings. The Labute approximate surface area is 220 Å². The zero-order valence-corrected chi connectivity index (χ0v) is 21.2. The first-order valence-corrected chi connectivity index (χ1v) is 12.2. The standard InChI is InChI=1S/C28H20BrClN2O4/c29-21-6-2-1-4-17(21)14-32-22-7-3-5-20(28(31)35)26(22)27-23(32)12-18(13-24(27)36-15-25(33)34)16-8-10-19(30)11-9-16/h1-13H,14-15H2,(H2,31,35)(H,33,34). The summed E-state index contributed by atoms with van der Waals surface area (Å²) in [6.45, 7) is -0.0408. The van der Waals surface area contributed by atoms with Crippen LogP contribution in [0.3, 0.4) is 0 Å². The Balaban J connectivity index is 1.87. The van der Waals surface area contributed by atoms with Crippen LogP contribution in [0.5, 0.6) is 5.75 Å². The molecule has 36 heavy (non-hydrogen) atoms. The lowest BCUT2D eigenvalue weighted by Gasteiger charge is -2.13. The summed E-state index contributed by atoms with van der Waals surface area (Å²) >= 11 is 9.73. The van der Waals surface area contributed by atoms with E-state index in [4.69, 9.17) is 22.1 Å². The van der Waals surface area contributed by atoms with Crippen molar-refractivity contribution in [2.45, 2.75) is 6.54 Å². The van der Waals surface area contributed by atoms with Crippen LogP contribution in [0.25, 0.3) is 32.9 Å². The van der Waals surface area contributed by atoms with Crippen LogP contribution in [0.15, 0.2) is 83.3 Å². The number of nitrogens with two attached hydrogens (primary N) is 1. The van der Waals surface area contributed by atoms with E-state index in [0.29, 0.717) is 33.7 Å². The van der Waals surface area contributed by atoms with Crippen molar-refractivity contribution in [2.24, 2.45) is 5.73 Å². The summed E-state index contributed by atoms with van der Waals surface area (Å²) in [5.41, 5.74) is 10.4. The van der Waals surface area contributed by atoms with Gasteiger partial charge in [0.1, 0.15) is 5.75 Å². The normalized spacial score (nSPS) is 11.2. The molecule has 0 saturated carbocycles. The van der Waals surface area contributed by atoms with Crippen molar-refractivity contribution in [1.82, 2.24) is 4.57 Å². The van der Waals surface area contributed by atoms with E-state index in [1.54, 1.807) is 30.3 Å². The number of halogens is 2. The molecule has 4 aromatic carbocycles. The van der Waals surface area contributed by atoms with Crippen LogP contribution < -0.4 is 10.5 Å². The molecule has 0 atom stereocenters. The number of aromatic nitrogens is 1. The van der Waals surface area contributed by atoms with Gasteiger partial charge in [-0.05, 0) is 59.2 Å². The van der Waals surface area contributed by atoms with E-state index in [9.17, 15) is 14.7 Å². The molecule has 1 aromatic heterocycles. The highest BCUT2D eigenvalue weighted by Crippen LogP contribution is 2.41. The smallest absolute Gasteiger partial charge is 0.341 e. The monoisotopic (exact) mass is 562 g/mol. The zero-order valence-electron chi connectivity index (χ0n) is 18.9. The summed E-state index contributed by atoms with van der Waals surface area (Å²) in [6.07, 6.45) is 0. The molecule has 180 valence electrons. The van der Waals surface area contributed by atoms with Gasteiger partial charge in [0.05, 0.1) is 16.4 Å². The van der Waals surface area contributed by atoms with Crippen LogP contribution in [-0.4, -0.2) is 28.2 Å². The number of hydrogen-bond acceptors (Lipinski definition) is 3. The average molecular weight is 564 g/mol. The Kier molecular flexibility index (Phi) is 6.43. The van der Waals surface area contributed by atoms with E-state index < -0.39 is 18.5 Å². The summed E-state index contributed by atoms with van der Waals surface area (Å²) in [6, 6.07) is 24.4. The van der Waals surface area contributed by atoms with Crippen LogP contribution in [0.1, 0.15) is 15.9 Å². The number of carboxylic acid groups (broad SMARTS) is 1. The molecular weight excluding hydrogens is 544 g/mol. The average Bonchev–Trinajstić information content (AvgIpc) is 3.17. The number of amides is 1. The van der Waals surface area contributed by atoms with E-state index in [2.05, 4.69) is 20.5 Å². The van der Waals surface area contributed by atoms with E-state index in [1.165, 1.54) is 0 Å². The second kappa shape index (κ2) is 9.68. The number of benzene rings is 4. The van der Waals surface area contributed by atoms with Gasteiger partial charge in [0.15, 0.2) is 6.61 Å². The van der Waals surface area contributed by atoms with Gasteiger partial charge in [0.2, 0.25) is 5.91 Å². The molecule has 5 rings (SSSR count). The maximum Gasteiger partial charge on any atom is 0.341 e. The molecule has 0 unspecified atom stereocenters. The Morgan fingerprint density at radius 3 is 2.36 bits per heavy atom. The van der Waals surface area contributed by atoms with Gasteiger partial charge in [-0.1, -0.05) is 63.9 Å². The fourth-order valence-corrected chi connectivity index (χ4v) is 4.99. The number of aliphatic carboxylic acids is 1. The Hall–Kier alpha value is -3.81. The summed E-state index contributed by atoms with van der Waals surface area (Å²) in [4.78, 5) is 23.8. The van der Waals surface area contributed by atoms with Crippen LogP contribution in [0, 0.1) is 0 Å². The summed E-state index contributed by atoms with van der Waals surface area (Å²) < 4.78 is 8.83. The first-order chi connectivity index (χ1) is 17.3. The van der Waals surface area contributed by atoms with Gasteiger partial charge >= 0.3 is 5.97 Å². The number of fused-ring (bicyclic) bond motifs is 3. The van der Waals surface area contributed by atoms with Crippen molar-refractivity contribution >= 4 is 61.2 Å². The third-order valence-electron chi connectivity index (χ3n) is 6.04. The largest absolute Gasteiger partial charge is 0.481 e. The van der Waals surface area contributed by atoms with Gasteiger partial charge in [-0.3, -0.25) is 4.79 Å². The molecule has 5 aromatic rings. The molecule has 0 aliphatic carbocycles. The van der Waals surface area contributed by atoms with Crippen molar-refractivity contribution in [1.29, 1.82) is 0 Å². The van der Waals surface area contributed by atoms with E-state index >= 15 is 0 Å². The Bertz CT molecular complexity index is 1640. The fraction of sp³-hybridized carbons (Fsp3) is 0.0714. The van der Waals surface area contributed by atoms with E-state index in [1.807, 2.05) is 48.5 Å². The van der Waals surface area contributed by atoms with Crippen LogP contribution in [0.4, 0.5) is 0 Å². The minimum Gasteiger partial charge on any atom is -0.481 e. The topological polar surface area (TPSA) is 94.6 Å². The van der Waals surface area contributed by atoms with Crippen LogP contribution in [0.2, 0.25) is 5.02 Å². The number of primary amides is 1. The molecule has 1 heterocycles. The molecule has 0 bridgehead atoms. The lowest BCUT2D eigenvalue weighted by molar-refractivity contribution is -0.139. The third kappa shape index (κ3) is 4.43. The maximum absolute atomic E-state index is 12.4. The Morgan fingerprint density at radius 2 is 1.67 bits per heavy atom. The molecule has 8 heteroatoms. The number of carbonyl (C=O) groups is 2. The van der Waals surface area contributed by atoms with Gasteiger partial charge in [-0.2, -0.15) is 0 Å². The molecule has 0 spiro atoms. The molecule has 6 nitrogen and oxygen atoms in total. The highest BCUT2D eigenvalue weighted by molar-refractivity contribution is 9.10. The van der Waals surface area contributed by atoms with Gasteiger partial charge in [0, 0.05) is 27.0 Å². The van der Waals surface area contributed by atoms with Crippen LogP contribution in [-0.2, 0) is 11.3 Å². The number of ether oxygens (including phenoxy) is 1. The number of rotatable bonds is 7. The predicted molar refractivity (Wildman–Crippen MR) is 145 cm³/mol. The van der Waals surface area contributed by atoms with Crippen molar-refractivity contribution in [3.05, 3.63) is 99.5 Å². The fourth-order valence-electron chi connectivity index (χ4n) is 4.46. The molecule has 1 amide bonds. The second-order valence-corrected chi connectivity index (χ2v) is 9.59. The first-order valence-electron chi connectivity index (χ1n) is 11.1. The molecular formula is C28H20BrClN2O4. The molecule has 0 saturated heterocycles. The maximum atomic E-state index is 12.4. The highest BCUT2D eigenvalue weighted by atomic mass is 79.9. The first kappa shape index (κ1) is 23.9. The van der Waals surface area contributed by atoms with Crippen LogP contribution >= 0.6 is 27.5 Å². The molecule has 3 N–H and O–H groups in total. The van der Waals surface area contributed by atoms with Gasteiger partial charge < -0.3 is 20.1 Å². The molecule has 0 aliphatic heterocycles.